The number of rotatable bonds is 5. The molecule has 0 saturated carbocycles. The van der Waals surface area contributed by atoms with Gasteiger partial charge in [0.05, 0.1) is 11.1 Å². The van der Waals surface area contributed by atoms with E-state index in [1.54, 1.807) is 0 Å². The van der Waals surface area contributed by atoms with Gasteiger partial charge in [0, 0.05) is 0 Å². The molecule has 0 radical (unpaired) electrons. The molecule has 0 amide bonds. The summed E-state index contributed by atoms with van der Waals surface area (Å²) in [6.07, 6.45) is 1.59. The van der Waals surface area contributed by atoms with Gasteiger partial charge in [-0.15, -0.1) is 0 Å². The van der Waals surface area contributed by atoms with E-state index in [1.807, 2.05) is 0 Å². The first kappa shape index (κ1) is 26.7. The van der Waals surface area contributed by atoms with Gasteiger partial charge < -0.3 is 0 Å². The first-order chi connectivity index (χ1) is 18.0. The quantitative estimate of drug-likeness (QED) is 0.0783. The number of allylic oxidation sites excluding steroid dienone is 2. The van der Waals surface area contributed by atoms with Crippen molar-refractivity contribution < 1.29 is 43.9 Å². The number of benzene rings is 4. The zero-order chi connectivity index (χ0) is 27.7. The molecular weight excluding hydrogens is 526 g/mol. The lowest BCUT2D eigenvalue weighted by molar-refractivity contribution is 0.375. The highest BCUT2D eigenvalue weighted by atomic mass is 19.2. The van der Waals surface area contributed by atoms with Crippen LogP contribution in [0.25, 0.3) is 23.3 Å². The molecule has 0 spiro atoms. The molecule has 0 aliphatic rings. The van der Waals surface area contributed by atoms with Gasteiger partial charge >= 0.3 is 0 Å². The second kappa shape index (κ2) is 10.6. The summed E-state index contributed by atoms with van der Waals surface area (Å²) in [4.78, 5) is 0. The minimum absolute atomic E-state index is 0.0364. The van der Waals surface area contributed by atoms with E-state index in [0.29, 0.717) is 0 Å². The molecule has 0 aromatic heterocycles. The van der Waals surface area contributed by atoms with Gasteiger partial charge in [0.15, 0.2) is 46.5 Å². The summed E-state index contributed by atoms with van der Waals surface area (Å²) in [6.45, 7) is 0. The average Bonchev–Trinajstić information content (AvgIpc) is 2.93. The Balaban J connectivity index is 2.22. The molecule has 194 valence electrons. The molecule has 0 N–H and O–H groups in total. The largest absolute Gasteiger partial charge is 0.203 e. The number of hydrogen-bond acceptors (Lipinski definition) is 0. The van der Waals surface area contributed by atoms with Crippen LogP contribution in [0, 0.1) is 58.2 Å². The van der Waals surface area contributed by atoms with E-state index in [2.05, 4.69) is 0 Å². The van der Waals surface area contributed by atoms with E-state index in [0.717, 1.165) is 12.2 Å². The normalized spacial score (nSPS) is 12.3. The lowest BCUT2D eigenvalue weighted by atomic mass is 9.87. The van der Waals surface area contributed by atoms with Crippen molar-refractivity contribution in [3.05, 3.63) is 141 Å². The second-order valence-corrected chi connectivity index (χ2v) is 7.83. The maximum absolute atomic E-state index is 15.0. The standard InChI is InChI=1S/C28H12F10/c29-19-17(20(30)24(34)27(37)23(19)33)15(11-13-7-3-1-4-8-13)16(12-14-9-5-2-6-10-14)18-21(31)25(35)28(38)26(36)22(18)32/h1-12H. The Labute approximate surface area is 208 Å². The fourth-order valence-corrected chi connectivity index (χ4v) is 3.68. The molecule has 10 heteroatoms. The van der Waals surface area contributed by atoms with Crippen molar-refractivity contribution in [2.45, 2.75) is 0 Å². The van der Waals surface area contributed by atoms with Gasteiger partial charge in [-0.3, -0.25) is 0 Å². The fourth-order valence-electron chi connectivity index (χ4n) is 3.68. The van der Waals surface area contributed by atoms with E-state index in [9.17, 15) is 26.3 Å². The maximum atomic E-state index is 15.0. The molecule has 0 aliphatic carbocycles. The third-order valence-corrected chi connectivity index (χ3v) is 5.47. The number of hydrogen-bond donors (Lipinski definition) is 0. The van der Waals surface area contributed by atoms with Crippen molar-refractivity contribution in [3.63, 3.8) is 0 Å². The van der Waals surface area contributed by atoms with Gasteiger partial charge in [-0.1, -0.05) is 60.7 Å². The van der Waals surface area contributed by atoms with E-state index in [1.165, 1.54) is 60.7 Å². The summed E-state index contributed by atoms with van der Waals surface area (Å²) >= 11 is 0. The molecule has 4 aromatic carbocycles. The van der Waals surface area contributed by atoms with E-state index >= 15 is 17.6 Å². The van der Waals surface area contributed by atoms with Crippen molar-refractivity contribution >= 4 is 23.3 Å². The van der Waals surface area contributed by atoms with Crippen molar-refractivity contribution in [3.8, 4) is 0 Å². The summed E-state index contributed by atoms with van der Waals surface area (Å²) < 4.78 is 145. The molecule has 0 heterocycles. The van der Waals surface area contributed by atoms with Crippen molar-refractivity contribution in [1.82, 2.24) is 0 Å². The number of halogens is 10. The Hall–Kier alpha value is -4.34. The zero-order valence-corrected chi connectivity index (χ0v) is 18.7. The predicted molar refractivity (Wildman–Crippen MR) is 121 cm³/mol. The maximum Gasteiger partial charge on any atom is 0.200 e. The monoisotopic (exact) mass is 538 g/mol. The van der Waals surface area contributed by atoms with Gasteiger partial charge in [-0.25, -0.2) is 43.9 Å². The minimum atomic E-state index is -2.51. The van der Waals surface area contributed by atoms with Crippen LogP contribution < -0.4 is 0 Å². The van der Waals surface area contributed by atoms with Crippen molar-refractivity contribution in [2.75, 3.05) is 0 Å². The van der Waals surface area contributed by atoms with Gasteiger partial charge in [-0.2, -0.15) is 0 Å². The second-order valence-electron chi connectivity index (χ2n) is 7.83. The summed E-state index contributed by atoms with van der Waals surface area (Å²) in [5.74, 6) is -24.1. The SMILES string of the molecule is Fc1c(F)c(F)c(C(=Cc2ccccc2)C(=Cc2ccccc2)c2c(F)c(F)c(F)c(F)c2F)c(F)c1F. The van der Waals surface area contributed by atoms with Crippen molar-refractivity contribution in [2.24, 2.45) is 0 Å². The van der Waals surface area contributed by atoms with Crippen LogP contribution in [0.15, 0.2) is 60.7 Å². The first-order valence-corrected chi connectivity index (χ1v) is 10.6. The van der Waals surface area contributed by atoms with Gasteiger partial charge in [0.2, 0.25) is 11.6 Å². The van der Waals surface area contributed by atoms with Crippen LogP contribution in [0.2, 0.25) is 0 Å². The molecule has 4 aromatic rings. The predicted octanol–water partition coefficient (Wildman–Crippen LogP) is 8.86. The molecule has 0 saturated heterocycles. The molecule has 0 fully saturated rings. The molecular formula is C28H12F10. The summed E-state index contributed by atoms with van der Waals surface area (Å²) in [7, 11) is 0. The first-order valence-electron chi connectivity index (χ1n) is 10.6. The molecule has 0 aliphatic heterocycles. The highest BCUT2D eigenvalue weighted by molar-refractivity contribution is 6.16. The Morgan fingerprint density at radius 3 is 0.842 bits per heavy atom. The molecule has 4 rings (SSSR count). The molecule has 0 atom stereocenters. The van der Waals surface area contributed by atoms with E-state index in [-0.39, 0.29) is 11.1 Å². The van der Waals surface area contributed by atoms with Crippen LogP contribution >= 0.6 is 0 Å². The van der Waals surface area contributed by atoms with Crippen molar-refractivity contribution in [1.29, 1.82) is 0 Å². The van der Waals surface area contributed by atoms with Crippen LogP contribution in [0.3, 0.4) is 0 Å². The third kappa shape index (κ3) is 4.69. The zero-order valence-electron chi connectivity index (χ0n) is 18.7. The Morgan fingerprint density at radius 2 is 0.579 bits per heavy atom. The lowest BCUT2D eigenvalue weighted by Crippen LogP contribution is -2.11. The third-order valence-electron chi connectivity index (χ3n) is 5.47. The van der Waals surface area contributed by atoms with E-state index < -0.39 is 80.4 Å². The van der Waals surface area contributed by atoms with E-state index in [4.69, 9.17) is 0 Å². The van der Waals surface area contributed by atoms with Crippen LogP contribution in [0.4, 0.5) is 43.9 Å². The van der Waals surface area contributed by atoms with Gasteiger partial charge in [-0.05, 0) is 34.4 Å². The summed E-state index contributed by atoms with van der Waals surface area (Å²) in [6, 6.07) is 13.9. The van der Waals surface area contributed by atoms with Gasteiger partial charge in [0.25, 0.3) is 0 Å². The Kier molecular flexibility index (Phi) is 7.43. The summed E-state index contributed by atoms with van der Waals surface area (Å²) in [5.41, 5.74) is -5.30. The fraction of sp³-hybridized carbons (Fsp3) is 0. The smallest absolute Gasteiger partial charge is 0.200 e. The topological polar surface area (TPSA) is 0 Å². The Morgan fingerprint density at radius 1 is 0.342 bits per heavy atom. The summed E-state index contributed by atoms with van der Waals surface area (Å²) in [5, 5.41) is 0. The van der Waals surface area contributed by atoms with Crippen LogP contribution in [0.5, 0.6) is 0 Å². The van der Waals surface area contributed by atoms with Crippen LogP contribution in [0.1, 0.15) is 22.3 Å². The molecule has 0 unspecified atom stereocenters. The van der Waals surface area contributed by atoms with Crippen LogP contribution in [-0.4, -0.2) is 0 Å². The van der Waals surface area contributed by atoms with Crippen LogP contribution in [-0.2, 0) is 0 Å². The highest BCUT2D eigenvalue weighted by Crippen LogP contribution is 2.42. The molecule has 0 nitrogen and oxygen atoms in total. The minimum Gasteiger partial charge on any atom is -0.203 e. The highest BCUT2D eigenvalue weighted by Gasteiger charge is 2.34. The Bertz CT molecular complexity index is 1410. The average molecular weight is 538 g/mol. The molecule has 38 heavy (non-hydrogen) atoms. The molecule has 0 bridgehead atoms. The van der Waals surface area contributed by atoms with Gasteiger partial charge in [0.1, 0.15) is 0 Å². The lowest BCUT2D eigenvalue weighted by Gasteiger charge is -2.18.